The molecule has 0 aliphatic carbocycles. The minimum absolute atomic E-state index is 0.0662. The van der Waals surface area contributed by atoms with E-state index in [2.05, 4.69) is 5.32 Å². The highest BCUT2D eigenvalue weighted by Gasteiger charge is 2.22. The lowest BCUT2D eigenvalue weighted by molar-refractivity contribution is 0.400. The number of hydrogen-bond donors (Lipinski definition) is 2. The van der Waals surface area contributed by atoms with Gasteiger partial charge in [0.1, 0.15) is 5.76 Å². The molecule has 1 aliphatic heterocycles. The predicted octanol–water partition coefficient (Wildman–Crippen LogP) is 1.46. The molecule has 114 valence electrons. The average molecular weight is 291 g/mol. The highest BCUT2D eigenvalue weighted by atomic mass is 16.3. The molecule has 2 N–H and O–H groups in total. The zero-order valence-corrected chi connectivity index (χ0v) is 12.0. The van der Waals surface area contributed by atoms with E-state index in [0.717, 1.165) is 56.8 Å². The highest BCUT2D eigenvalue weighted by molar-refractivity contribution is 5.22. The molecule has 3 heterocycles. The molecule has 6 heteroatoms. The van der Waals surface area contributed by atoms with Crippen molar-refractivity contribution in [2.75, 3.05) is 6.54 Å². The summed E-state index contributed by atoms with van der Waals surface area (Å²) in [6.45, 7) is 2.90. The Hall–Kier alpha value is -1.95. The van der Waals surface area contributed by atoms with Gasteiger partial charge >= 0.3 is 5.69 Å². The Morgan fingerprint density at radius 3 is 3.05 bits per heavy atom. The third-order valence-electron chi connectivity index (χ3n) is 3.96. The Morgan fingerprint density at radius 1 is 1.38 bits per heavy atom. The van der Waals surface area contributed by atoms with Gasteiger partial charge in [-0.2, -0.15) is 0 Å². The third kappa shape index (κ3) is 2.90. The summed E-state index contributed by atoms with van der Waals surface area (Å²) in [7, 11) is 0. The highest BCUT2D eigenvalue weighted by Crippen LogP contribution is 2.23. The SMILES string of the molecule is O=c1n(CCCCNCc2ccco2)c(O)c2n1CCC2. The number of aromatic hydroxyl groups is 1. The minimum atomic E-state index is -0.0662. The van der Waals surface area contributed by atoms with Crippen LogP contribution in [-0.2, 0) is 26.1 Å². The molecule has 3 rings (SSSR count). The Bertz CT molecular complexity index is 640. The van der Waals surface area contributed by atoms with E-state index >= 15 is 0 Å². The monoisotopic (exact) mass is 291 g/mol. The molecule has 2 aromatic heterocycles. The zero-order valence-electron chi connectivity index (χ0n) is 12.0. The molecule has 0 spiro atoms. The van der Waals surface area contributed by atoms with Gasteiger partial charge in [0.05, 0.1) is 18.5 Å². The predicted molar refractivity (Wildman–Crippen MR) is 78.3 cm³/mol. The van der Waals surface area contributed by atoms with E-state index in [0.29, 0.717) is 6.54 Å². The minimum Gasteiger partial charge on any atom is -0.493 e. The fourth-order valence-electron chi connectivity index (χ4n) is 2.86. The summed E-state index contributed by atoms with van der Waals surface area (Å²) >= 11 is 0. The summed E-state index contributed by atoms with van der Waals surface area (Å²) in [4.78, 5) is 12.1. The molecule has 21 heavy (non-hydrogen) atoms. The van der Waals surface area contributed by atoms with Gasteiger partial charge in [0, 0.05) is 13.1 Å². The first-order valence-corrected chi connectivity index (χ1v) is 7.51. The van der Waals surface area contributed by atoms with Crippen molar-refractivity contribution in [2.24, 2.45) is 0 Å². The first-order valence-electron chi connectivity index (χ1n) is 7.51. The van der Waals surface area contributed by atoms with Gasteiger partial charge in [-0.15, -0.1) is 0 Å². The molecular formula is C15H21N3O3. The van der Waals surface area contributed by atoms with Crippen LogP contribution in [0.1, 0.15) is 30.7 Å². The van der Waals surface area contributed by atoms with Gasteiger partial charge in [-0.25, -0.2) is 4.79 Å². The molecule has 0 radical (unpaired) electrons. The van der Waals surface area contributed by atoms with Crippen LogP contribution >= 0.6 is 0 Å². The van der Waals surface area contributed by atoms with Crippen molar-refractivity contribution in [2.45, 2.75) is 45.3 Å². The maximum atomic E-state index is 12.1. The average Bonchev–Trinajstić information content (AvgIpc) is 3.19. The number of aromatic nitrogens is 2. The first kappa shape index (κ1) is 14.0. The van der Waals surface area contributed by atoms with Crippen LogP contribution in [0.15, 0.2) is 27.6 Å². The third-order valence-corrected chi connectivity index (χ3v) is 3.96. The van der Waals surface area contributed by atoms with Crippen molar-refractivity contribution in [3.05, 3.63) is 40.3 Å². The molecule has 0 saturated carbocycles. The summed E-state index contributed by atoms with van der Waals surface area (Å²) in [5, 5.41) is 13.4. The molecule has 6 nitrogen and oxygen atoms in total. The second-order valence-electron chi connectivity index (χ2n) is 5.42. The number of nitrogens with one attached hydrogen (secondary N) is 1. The lowest BCUT2D eigenvalue weighted by atomic mass is 10.3. The summed E-state index contributed by atoms with van der Waals surface area (Å²) in [6.07, 6.45) is 5.24. The van der Waals surface area contributed by atoms with Crippen LogP contribution in [0.2, 0.25) is 0 Å². The number of imidazole rings is 1. The van der Waals surface area contributed by atoms with Gasteiger partial charge in [0.2, 0.25) is 5.88 Å². The van der Waals surface area contributed by atoms with E-state index in [1.807, 2.05) is 12.1 Å². The van der Waals surface area contributed by atoms with E-state index in [1.165, 1.54) is 4.57 Å². The summed E-state index contributed by atoms with van der Waals surface area (Å²) in [6, 6.07) is 3.81. The summed E-state index contributed by atoms with van der Waals surface area (Å²) in [5.41, 5.74) is 0.736. The molecule has 0 amide bonds. The molecule has 0 atom stereocenters. The van der Waals surface area contributed by atoms with Gasteiger partial charge in [0.25, 0.3) is 0 Å². The summed E-state index contributed by atoms with van der Waals surface area (Å²) < 4.78 is 8.43. The summed E-state index contributed by atoms with van der Waals surface area (Å²) in [5.74, 6) is 1.09. The molecule has 1 aliphatic rings. The molecule has 0 bridgehead atoms. The Morgan fingerprint density at radius 2 is 2.29 bits per heavy atom. The zero-order chi connectivity index (χ0) is 14.7. The fraction of sp³-hybridized carbons (Fsp3) is 0.533. The molecule has 0 unspecified atom stereocenters. The van der Waals surface area contributed by atoms with Crippen LogP contribution in [0.4, 0.5) is 0 Å². The Kier molecular flexibility index (Phi) is 4.15. The van der Waals surface area contributed by atoms with Gasteiger partial charge < -0.3 is 14.8 Å². The van der Waals surface area contributed by atoms with Crippen LogP contribution in [0, 0.1) is 0 Å². The van der Waals surface area contributed by atoms with E-state index in [1.54, 1.807) is 10.8 Å². The van der Waals surface area contributed by atoms with Crippen molar-refractivity contribution < 1.29 is 9.52 Å². The normalized spacial score (nSPS) is 13.7. The van der Waals surface area contributed by atoms with Crippen molar-refractivity contribution in [1.29, 1.82) is 0 Å². The molecule has 0 fully saturated rings. The van der Waals surface area contributed by atoms with Crippen LogP contribution < -0.4 is 11.0 Å². The number of unbranched alkanes of at least 4 members (excludes halogenated alkanes) is 1. The maximum Gasteiger partial charge on any atom is 0.331 e. The first-order chi connectivity index (χ1) is 10.3. The number of rotatable bonds is 7. The second kappa shape index (κ2) is 6.22. The standard InChI is InChI=1S/C15H21N3O3/c19-14-13-6-3-9-17(13)15(20)18(14)8-2-1-7-16-11-12-5-4-10-21-12/h4-5,10,16,19H,1-3,6-9,11H2. The van der Waals surface area contributed by atoms with Crippen LogP contribution in [0.25, 0.3) is 0 Å². The van der Waals surface area contributed by atoms with Crippen LogP contribution in [0.5, 0.6) is 5.88 Å². The van der Waals surface area contributed by atoms with Crippen molar-refractivity contribution in [3.63, 3.8) is 0 Å². The van der Waals surface area contributed by atoms with E-state index in [9.17, 15) is 9.90 Å². The second-order valence-corrected chi connectivity index (χ2v) is 5.42. The van der Waals surface area contributed by atoms with E-state index < -0.39 is 0 Å². The molecule has 0 saturated heterocycles. The quantitative estimate of drug-likeness (QED) is 0.758. The van der Waals surface area contributed by atoms with Gasteiger partial charge in [-0.3, -0.25) is 9.13 Å². The number of furan rings is 1. The molecule has 2 aromatic rings. The lowest BCUT2D eigenvalue weighted by Gasteiger charge is -2.05. The molecule has 0 aromatic carbocycles. The topological polar surface area (TPSA) is 72.3 Å². The van der Waals surface area contributed by atoms with Gasteiger partial charge in [0.15, 0.2) is 0 Å². The Balaban J connectivity index is 1.43. The fourth-order valence-corrected chi connectivity index (χ4v) is 2.86. The number of hydrogen-bond acceptors (Lipinski definition) is 4. The van der Waals surface area contributed by atoms with Gasteiger partial charge in [-0.1, -0.05) is 0 Å². The number of fused-ring (bicyclic) bond motifs is 1. The smallest absolute Gasteiger partial charge is 0.331 e. The number of nitrogens with zero attached hydrogens (tertiary/aromatic N) is 2. The van der Waals surface area contributed by atoms with Crippen LogP contribution in [-0.4, -0.2) is 20.8 Å². The van der Waals surface area contributed by atoms with Gasteiger partial charge in [-0.05, 0) is 44.4 Å². The van der Waals surface area contributed by atoms with Crippen molar-refractivity contribution in [1.82, 2.24) is 14.5 Å². The largest absolute Gasteiger partial charge is 0.493 e. The lowest BCUT2D eigenvalue weighted by Crippen LogP contribution is -2.24. The van der Waals surface area contributed by atoms with Crippen LogP contribution in [0.3, 0.4) is 0 Å². The maximum absolute atomic E-state index is 12.1. The van der Waals surface area contributed by atoms with E-state index in [-0.39, 0.29) is 11.6 Å². The Labute approximate surface area is 123 Å². The van der Waals surface area contributed by atoms with Crippen molar-refractivity contribution >= 4 is 0 Å². The van der Waals surface area contributed by atoms with Crippen molar-refractivity contribution in [3.8, 4) is 5.88 Å². The molecular weight excluding hydrogens is 270 g/mol. The van der Waals surface area contributed by atoms with E-state index in [4.69, 9.17) is 4.42 Å².